The molecule has 0 atom stereocenters. The molecule has 2 rings (SSSR count). The van der Waals surface area contributed by atoms with E-state index in [1.54, 1.807) is 12.1 Å². The van der Waals surface area contributed by atoms with Gasteiger partial charge in [0, 0.05) is 5.39 Å². The molecule has 0 radical (unpaired) electrons. The number of carbonyl (C=O) groups excluding carboxylic acids is 1. The number of fused-ring (bicyclic) bond motifs is 1. The summed E-state index contributed by atoms with van der Waals surface area (Å²) in [6, 6.07) is 5.39. The Balaban J connectivity index is 2.75. The average Bonchev–Trinajstić information content (AvgIpc) is 2.46. The van der Waals surface area contributed by atoms with E-state index >= 15 is 0 Å². The maximum absolute atomic E-state index is 10.4. The van der Waals surface area contributed by atoms with Gasteiger partial charge in [-0.15, -0.1) is 11.3 Å². The summed E-state index contributed by atoms with van der Waals surface area (Å²) in [5, 5.41) is 0.969. The van der Waals surface area contributed by atoms with Gasteiger partial charge in [0.15, 0.2) is 6.29 Å². The number of hydrogen-bond acceptors (Lipinski definition) is 4. The summed E-state index contributed by atoms with van der Waals surface area (Å²) in [5.74, 6) is 0.488. The van der Waals surface area contributed by atoms with Gasteiger partial charge in [0.1, 0.15) is 10.6 Å². The highest BCUT2D eigenvalue weighted by molar-refractivity contribution is 7.20. The summed E-state index contributed by atoms with van der Waals surface area (Å²) < 4.78 is 0. The lowest BCUT2D eigenvalue weighted by Gasteiger charge is -1.89. The largest absolute Gasteiger partial charge is 0.384 e. The van der Waals surface area contributed by atoms with Crippen molar-refractivity contribution in [2.75, 3.05) is 5.73 Å². The van der Waals surface area contributed by atoms with Crippen LogP contribution in [0.2, 0.25) is 0 Å². The Morgan fingerprint density at radius 1 is 1.50 bits per heavy atom. The standard InChI is InChI=1S/C8H6N2OS/c9-7-2-1-5-3-6(4-11)12-8(5)10-7/h1-4H,(H2,9,10). The second-order valence-electron chi connectivity index (χ2n) is 2.40. The van der Waals surface area contributed by atoms with E-state index in [1.807, 2.05) is 6.07 Å². The van der Waals surface area contributed by atoms with Crippen LogP contribution in [0.15, 0.2) is 18.2 Å². The Morgan fingerprint density at radius 3 is 3.08 bits per heavy atom. The van der Waals surface area contributed by atoms with Crippen molar-refractivity contribution in [2.24, 2.45) is 0 Å². The molecule has 0 bridgehead atoms. The fourth-order valence-corrected chi connectivity index (χ4v) is 1.86. The van der Waals surface area contributed by atoms with E-state index in [0.717, 1.165) is 16.5 Å². The summed E-state index contributed by atoms with van der Waals surface area (Å²) in [4.78, 5) is 16.0. The SMILES string of the molecule is Nc1ccc2cc(C=O)sc2n1. The first-order valence-corrected chi connectivity index (χ1v) is 4.22. The van der Waals surface area contributed by atoms with Crippen LogP contribution in [0.1, 0.15) is 9.67 Å². The lowest BCUT2D eigenvalue weighted by Crippen LogP contribution is -1.86. The van der Waals surface area contributed by atoms with Gasteiger partial charge in [0.25, 0.3) is 0 Å². The van der Waals surface area contributed by atoms with Gasteiger partial charge in [-0.1, -0.05) is 0 Å². The van der Waals surface area contributed by atoms with E-state index in [9.17, 15) is 4.79 Å². The predicted octanol–water partition coefficient (Wildman–Crippen LogP) is 1.69. The summed E-state index contributed by atoms with van der Waals surface area (Å²) in [5.41, 5.74) is 5.48. The molecule has 3 nitrogen and oxygen atoms in total. The summed E-state index contributed by atoms with van der Waals surface area (Å²) in [7, 11) is 0. The number of thiophene rings is 1. The Kier molecular flexibility index (Phi) is 1.55. The predicted molar refractivity (Wildman–Crippen MR) is 49.4 cm³/mol. The molecule has 0 aliphatic rings. The third-order valence-electron chi connectivity index (χ3n) is 1.54. The van der Waals surface area contributed by atoms with E-state index in [0.29, 0.717) is 10.7 Å². The number of pyridine rings is 1. The molecular weight excluding hydrogens is 172 g/mol. The molecule has 2 N–H and O–H groups in total. The molecule has 0 aliphatic carbocycles. The zero-order chi connectivity index (χ0) is 8.55. The first-order valence-electron chi connectivity index (χ1n) is 3.41. The molecule has 12 heavy (non-hydrogen) atoms. The summed E-state index contributed by atoms with van der Waals surface area (Å²) in [6.45, 7) is 0. The normalized spacial score (nSPS) is 10.3. The van der Waals surface area contributed by atoms with Crippen LogP contribution in [0.4, 0.5) is 5.82 Å². The number of carbonyl (C=O) groups is 1. The van der Waals surface area contributed by atoms with Gasteiger partial charge >= 0.3 is 0 Å². The first-order chi connectivity index (χ1) is 5.79. The van der Waals surface area contributed by atoms with Gasteiger partial charge in [0.2, 0.25) is 0 Å². The number of hydrogen-bond donors (Lipinski definition) is 1. The molecule has 0 spiro atoms. The second kappa shape index (κ2) is 2.57. The van der Waals surface area contributed by atoms with Crippen molar-refractivity contribution in [3.8, 4) is 0 Å². The zero-order valence-corrected chi connectivity index (χ0v) is 6.97. The molecule has 4 heteroatoms. The first kappa shape index (κ1) is 7.24. The van der Waals surface area contributed by atoms with Crippen LogP contribution in [0.3, 0.4) is 0 Å². The van der Waals surface area contributed by atoms with Gasteiger partial charge in [0.05, 0.1) is 4.88 Å². The summed E-state index contributed by atoms with van der Waals surface area (Å²) in [6.07, 6.45) is 0.822. The highest BCUT2D eigenvalue weighted by Crippen LogP contribution is 2.23. The third-order valence-corrected chi connectivity index (χ3v) is 2.51. The highest BCUT2D eigenvalue weighted by Gasteiger charge is 2.01. The van der Waals surface area contributed by atoms with Crippen molar-refractivity contribution in [1.29, 1.82) is 0 Å². The van der Waals surface area contributed by atoms with E-state index in [2.05, 4.69) is 4.98 Å². The minimum absolute atomic E-state index is 0.488. The number of aldehydes is 1. The number of anilines is 1. The van der Waals surface area contributed by atoms with Crippen molar-refractivity contribution in [3.63, 3.8) is 0 Å². The topological polar surface area (TPSA) is 56.0 Å². The number of aromatic nitrogens is 1. The van der Waals surface area contributed by atoms with Gasteiger partial charge in [-0.3, -0.25) is 4.79 Å². The number of rotatable bonds is 1. The van der Waals surface area contributed by atoms with Gasteiger partial charge in [-0.2, -0.15) is 0 Å². The molecule has 0 saturated heterocycles. The van der Waals surface area contributed by atoms with Crippen LogP contribution in [0, 0.1) is 0 Å². The van der Waals surface area contributed by atoms with Crippen LogP contribution >= 0.6 is 11.3 Å². The van der Waals surface area contributed by atoms with Crippen molar-refractivity contribution < 1.29 is 4.79 Å². The van der Waals surface area contributed by atoms with E-state index < -0.39 is 0 Å². The van der Waals surface area contributed by atoms with Crippen LogP contribution in [0.5, 0.6) is 0 Å². The Labute approximate surface area is 72.8 Å². The average molecular weight is 178 g/mol. The molecule has 60 valence electrons. The maximum atomic E-state index is 10.4. The van der Waals surface area contributed by atoms with Gasteiger partial charge < -0.3 is 5.73 Å². The smallest absolute Gasteiger partial charge is 0.160 e. The number of nitrogens with zero attached hydrogens (tertiary/aromatic N) is 1. The highest BCUT2D eigenvalue weighted by atomic mass is 32.1. The van der Waals surface area contributed by atoms with Crippen LogP contribution in [-0.4, -0.2) is 11.3 Å². The van der Waals surface area contributed by atoms with Crippen LogP contribution in [0.25, 0.3) is 10.2 Å². The van der Waals surface area contributed by atoms with Crippen molar-refractivity contribution in [1.82, 2.24) is 4.98 Å². The van der Waals surface area contributed by atoms with E-state index in [4.69, 9.17) is 5.73 Å². The minimum Gasteiger partial charge on any atom is -0.384 e. The van der Waals surface area contributed by atoms with Crippen molar-refractivity contribution in [2.45, 2.75) is 0 Å². The quantitative estimate of drug-likeness (QED) is 0.676. The zero-order valence-electron chi connectivity index (χ0n) is 6.15. The molecule has 0 saturated carbocycles. The van der Waals surface area contributed by atoms with Crippen LogP contribution < -0.4 is 5.73 Å². The van der Waals surface area contributed by atoms with Crippen LogP contribution in [-0.2, 0) is 0 Å². The molecule has 0 aliphatic heterocycles. The molecule has 2 heterocycles. The monoisotopic (exact) mass is 178 g/mol. The fraction of sp³-hybridized carbons (Fsp3) is 0. The molecule has 0 amide bonds. The van der Waals surface area contributed by atoms with Crippen molar-refractivity contribution in [3.05, 3.63) is 23.1 Å². The fourth-order valence-electron chi connectivity index (χ4n) is 1.01. The van der Waals surface area contributed by atoms with Gasteiger partial charge in [-0.05, 0) is 18.2 Å². The molecule has 0 fully saturated rings. The molecule has 0 aromatic carbocycles. The molecular formula is C8H6N2OS. The Bertz CT molecular complexity index is 436. The lowest BCUT2D eigenvalue weighted by molar-refractivity contribution is 0.112. The maximum Gasteiger partial charge on any atom is 0.160 e. The lowest BCUT2D eigenvalue weighted by atomic mass is 10.3. The van der Waals surface area contributed by atoms with E-state index in [1.165, 1.54) is 11.3 Å². The number of nitrogens with two attached hydrogens (primary N) is 1. The Morgan fingerprint density at radius 2 is 2.33 bits per heavy atom. The van der Waals surface area contributed by atoms with E-state index in [-0.39, 0.29) is 0 Å². The van der Waals surface area contributed by atoms with Gasteiger partial charge in [-0.25, -0.2) is 4.98 Å². The third kappa shape index (κ3) is 1.06. The van der Waals surface area contributed by atoms with Crippen molar-refractivity contribution >= 4 is 33.7 Å². The second-order valence-corrected chi connectivity index (χ2v) is 3.46. The molecule has 2 aromatic heterocycles. The molecule has 0 unspecified atom stereocenters. The summed E-state index contributed by atoms with van der Waals surface area (Å²) >= 11 is 1.35. The minimum atomic E-state index is 0.488. The Hall–Kier alpha value is -1.42. The molecule has 2 aromatic rings. The number of nitrogen functional groups attached to an aromatic ring is 1.